The van der Waals surface area contributed by atoms with E-state index in [1.807, 2.05) is 6.07 Å². The van der Waals surface area contributed by atoms with E-state index in [-0.39, 0.29) is 0 Å². The molecule has 0 atom stereocenters. The van der Waals surface area contributed by atoms with Gasteiger partial charge in [-0.25, -0.2) is 0 Å². The van der Waals surface area contributed by atoms with Gasteiger partial charge in [-0.15, -0.1) is 10.2 Å². The average molecular weight is 379 g/mol. The summed E-state index contributed by atoms with van der Waals surface area (Å²) in [5.41, 5.74) is 4.81. The molecule has 0 bridgehead atoms. The summed E-state index contributed by atoms with van der Waals surface area (Å²) in [6.07, 6.45) is 2.67. The lowest BCUT2D eigenvalue weighted by Gasteiger charge is -2.15. The number of hydrogen-bond acceptors (Lipinski definition) is 4. The molecule has 2 heterocycles. The van der Waals surface area contributed by atoms with Crippen molar-refractivity contribution in [3.8, 4) is 17.1 Å². The maximum absolute atomic E-state index is 4.54. The van der Waals surface area contributed by atoms with Crippen molar-refractivity contribution in [1.82, 2.24) is 19.7 Å². The first-order valence-corrected chi connectivity index (χ1v) is 10.6. The summed E-state index contributed by atoms with van der Waals surface area (Å²) in [5.74, 6) is 1.94. The van der Waals surface area contributed by atoms with Crippen LogP contribution in [0.25, 0.3) is 17.1 Å². The van der Waals surface area contributed by atoms with Crippen molar-refractivity contribution >= 4 is 11.8 Å². The summed E-state index contributed by atoms with van der Waals surface area (Å²) in [7, 11) is 0. The molecule has 0 unspecified atom stereocenters. The summed E-state index contributed by atoms with van der Waals surface area (Å²) in [4.78, 5) is 2.54. The Hall–Kier alpha value is -2.11. The summed E-state index contributed by atoms with van der Waals surface area (Å²) in [5, 5.41) is 10.1. The Labute approximate surface area is 165 Å². The summed E-state index contributed by atoms with van der Waals surface area (Å²) in [6, 6.07) is 16.9. The van der Waals surface area contributed by atoms with Crippen molar-refractivity contribution in [2.75, 3.05) is 25.4 Å². The van der Waals surface area contributed by atoms with Crippen molar-refractivity contribution in [2.45, 2.75) is 31.8 Å². The molecule has 4 nitrogen and oxygen atoms in total. The zero-order valence-corrected chi connectivity index (χ0v) is 16.9. The highest BCUT2D eigenvalue weighted by molar-refractivity contribution is 7.99. The van der Waals surface area contributed by atoms with Crippen LogP contribution in [0.5, 0.6) is 0 Å². The van der Waals surface area contributed by atoms with Crippen LogP contribution < -0.4 is 0 Å². The van der Waals surface area contributed by atoms with E-state index in [0.717, 1.165) is 34.5 Å². The molecule has 0 aliphatic carbocycles. The first-order chi connectivity index (χ1) is 13.2. The molecule has 2 aromatic carbocycles. The second-order valence-corrected chi connectivity index (χ2v) is 8.24. The Bertz CT molecular complexity index is 898. The monoisotopic (exact) mass is 378 g/mol. The molecule has 3 aromatic rings. The Balaban J connectivity index is 1.66. The molecule has 5 heteroatoms. The van der Waals surface area contributed by atoms with E-state index in [4.69, 9.17) is 0 Å². The van der Waals surface area contributed by atoms with Gasteiger partial charge in [-0.1, -0.05) is 48.2 Å². The second kappa shape index (κ2) is 8.28. The number of aromatic nitrogens is 3. The highest BCUT2D eigenvalue weighted by Crippen LogP contribution is 2.29. The van der Waals surface area contributed by atoms with Crippen LogP contribution in [0.2, 0.25) is 0 Å². The van der Waals surface area contributed by atoms with E-state index in [9.17, 15) is 0 Å². The number of nitrogens with zero attached hydrogens (tertiary/aromatic N) is 4. The largest absolute Gasteiger partial charge is 0.303 e. The van der Waals surface area contributed by atoms with E-state index >= 15 is 0 Å². The van der Waals surface area contributed by atoms with E-state index in [2.05, 4.69) is 76.0 Å². The first-order valence-electron chi connectivity index (χ1n) is 9.66. The zero-order valence-electron chi connectivity index (χ0n) is 16.1. The number of aryl methyl sites for hydroxylation is 2. The van der Waals surface area contributed by atoms with Crippen LogP contribution in [-0.2, 0) is 0 Å². The van der Waals surface area contributed by atoms with Crippen molar-refractivity contribution in [3.05, 3.63) is 59.7 Å². The maximum atomic E-state index is 4.54. The normalized spacial score (nSPS) is 14.7. The minimum Gasteiger partial charge on any atom is -0.303 e. The minimum atomic E-state index is 0.905. The fourth-order valence-corrected chi connectivity index (χ4v) is 4.46. The zero-order chi connectivity index (χ0) is 18.6. The van der Waals surface area contributed by atoms with E-state index in [1.54, 1.807) is 11.8 Å². The SMILES string of the molecule is Cc1ccc(-n2c(SCCN3CCCC3)nnc2-c2ccccc2)cc1C. The molecule has 0 N–H and O–H groups in total. The van der Waals surface area contributed by atoms with Crippen molar-refractivity contribution in [1.29, 1.82) is 0 Å². The smallest absolute Gasteiger partial charge is 0.196 e. The van der Waals surface area contributed by atoms with E-state index < -0.39 is 0 Å². The lowest BCUT2D eigenvalue weighted by Crippen LogP contribution is -2.22. The van der Waals surface area contributed by atoms with Crippen LogP contribution in [0.15, 0.2) is 53.7 Å². The van der Waals surface area contributed by atoms with E-state index in [0.29, 0.717) is 0 Å². The molecule has 0 saturated carbocycles. The number of benzene rings is 2. The topological polar surface area (TPSA) is 34.0 Å². The standard InChI is InChI=1S/C22H26N4S/c1-17-10-11-20(16-18(17)2)26-21(19-8-4-3-5-9-19)23-24-22(26)27-15-14-25-12-6-7-13-25/h3-5,8-11,16H,6-7,12-15H2,1-2H3. The van der Waals surface area contributed by atoms with Gasteiger partial charge in [0, 0.05) is 17.9 Å². The summed E-state index contributed by atoms with van der Waals surface area (Å²) < 4.78 is 2.20. The number of likely N-dealkylation sites (tertiary alicyclic amines) is 1. The predicted octanol–water partition coefficient (Wildman–Crippen LogP) is 4.74. The average Bonchev–Trinajstić information content (AvgIpc) is 3.35. The van der Waals surface area contributed by atoms with Crippen LogP contribution in [-0.4, -0.2) is 45.1 Å². The fourth-order valence-electron chi connectivity index (χ4n) is 3.51. The maximum Gasteiger partial charge on any atom is 0.196 e. The van der Waals surface area contributed by atoms with Gasteiger partial charge >= 0.3 is 0 Å². The van der Waals surface area contributed by atoms with Gasteiger partial charge in [-0.05, 0) is 63.0 Å². The molecule has 1 aromatic heterocycles. The second-order valence-electron chi connectivity index (χ2n) is 7.17. The first kappa shape index (κ1) is 18.3. The fraction of sp³-hybridized carbons (Fsp3) is 0.364. The Morgan fingerprint density at radius 3 is 2.44 bits per heavy atom. The Morgan fingerprint density at radius 2 is 1.70 bits per heavy atom. The molecular formula is C22H26N4S. The molecule has 27 heavy (non-hydrogen) atoms. The lowest BCUT2D eigenvalue weighted by molar-refractivity contribution is 0.362. The molecule has 0 radical (unpaired) electrons. The van der Waals surface area contributed by atoms with Gasteiger partial charge in [0.1, 0.15) is 0 Å². The molecule has 140 valence electrons. The van der Waals surface area contributed by atoms with Crippen LogP contribution in [0.3, 0.4) is 0 Å². The third-order valence-electron chi connectivity index (χ3n) is 5.25. The van der Waals surface area contributed by atoms with Crippen LogP contribution in [0.1, 0.15) is 24.0 Å². The number of hydrogen-bond donors (Lipinski definition) is 0. The van der Waals surface area contributed by atoms with Gasteiger partial charge in [0.15, 0.2) is 11.0 Å². The molecule has 0 amide bonds. The van der Waals surface area contributed by atoms with Crippen molar-refractivity contribution in [3.63, 3.8) is 0 Å². The summed E-state index contributed by atoms with van der Waals surface area (Å²) >= 11 is 1.80. The van der Waals surface area contributed by atoms with Gasteiger partial charge in [-0.2, -0.15) is 0 Å². The van der Waals surface area contributed by atoms with Gasteiger partial charge in [-0.3, -0.25) is 4.57 Å². The predicted molar refractivity (Wildman–Crippen MR) is 113 cm³/mol. The molecule has 1 saturated heterocycles. The lowest BCUT2D eigenvalue weighted by atomic mass is 10.1. The van der Waals surface area contributed by atoms with Gasteiger partial charge < -0.3 is 4.90 Å². The van der Waals surface area contributed by atoms with Crippen LogP contribution in [0.4, 0.5) is 0 Å². The number of thioether (sulfide) groups is 1. The third kappa shape index (κ3) is 4.09. The number of rotatable bonds is 6. The van der Waals surface area contributed by atoms with Crippen molar-refractivity contribution < 1.29 is 0 Å². The Kier molecular flexibility index (Phi) is 5.60. The molecule has 1 aliphatic rings. The molecule has 4 rings (SSSR count). The van der Waals surface area contributed by atoms with Crippen molar-refractivity contribution in [2.24, 2.45) is 0 Å². The molecule has 1 aliphatic heterocycles. The van der Waals surface area contributed by atoms with Crippen LogP contribution >= 0.6 is 11.8 Å². The quantitative estimate of drug-likeness (QED) is 0.580. The molecule has 1 fully saturated rings. The minimum absolute atomic E-state index is 0.905. The Morgan fingerprint density at radius 1 is 0.926 bits per heavy atom. The highest BCUT2D eigenvalue weighted by atomic mass is 32.2. The van der Waals surface area contributed by atoms with E-state index in [1.165, 1.54) is 37.1 Å². The van der Waals surface area contributed by atoms with Gasteiger partial charge in [0.25, 0.3) is 0 Å². The molecule has 0 spiro atoms. The summed E-state index contributed by atoms with van der Waals surface area (Å²) in [6.45, 7) is 7.89. The molecular weight excluding hydrogens is 352 g/mol. The van der Waals surface area contributed by atoms with Gasteiger partial charge in [0.2, 0.25) is 0 Å². The highest BCUT2D eigenvalue weighted by Gasteiger charge is 2.17. The van der Waals surface area contributed by atoms with Gasteiger partial charge in [0.05, 0.1) is 5.69 Å². The van der Waals surface area contributed by atoms with Crippen LogP contribution in [0, 0.1) is 13.8 Å². The third-order valence-corrected chi connectivity index (χ3v) is 6.16.